The second-order valence-corrected chi connectivity index (χ2v) is 7.74. The smallest absolute Gasteiger partial charge is 0.250 e. The quantitative estimate of drug-likeness (QED) is 0.290. The minimum atomic E-state index is -0.282. The van der Waals surface area contributed by atoms with E-state index in [2.05, 4.69) is 10.6 Å². The van der Waals surface area contributed by atoms with Crippen molar-refractivity contribution in [3.63, 3.8) is 0 Å². The Bertz CT molecular complexity index is 1150. The standard InChI is InChI=1S/C28H30N2O5/c1-21-25(12-7-13-26(21)30-28(32)20-34-17-16-33-2)29-27(31)15-14-22-10-6-11-24(18-22)35-19-23-8-4-3-5-9-23/h3-15,18H,16-17,19-20H2,1-2H3,(H,29,31)(H,30,32). The van der Waals surface area contributed by atoms with Gasteiger partial charge in [0.05, 0.1) is 13.2 Å². The first kappa shape index (κ1) is 25.7. The molecular formula is C28H30N2O5. The van der Waals surface area contributed by atoms with E-state index in [9.17, 15) is 9.59 Å². The molecule has 2 N–H and O–H groups in total. The average Bonchev–Trinajstić information content (AvgIpc) is 2.87. The number of rotatable bonds is 12. The number of hydrogen-bond acceptors (Lipinski definition) is 5. The third kappa shape index (κ3) is 8.73. The largest absolute Gasteiger partial charge is 0.489 e. The van der Waals surface area contributed by atoms with Crippen LogP contribution >= 0.6 is 0 Å². The predicted octanol–water partition coefficient (Wildman–Crippen LogP) is 4.83. The summed E-state index contributed by atoms with van der Waals surface area (Å²) in [5, 5.41) is 5.66. The molecule has 3 aromatic carbocycles. The Balaban J connectivity index is 1.55. The number of amides is 2. The van der Waals surface area contributed by atoms with Crippen molar-refractivity contribution in [1.29, 1.82) is 0 Å². The van der Waals surface area contributed by atoms with Gasteiger partial charge >= 0.3 is 0 Å². The molecule has 3 rings (SSSR count). The minimum Gasteiger partial charge on any atom is -0.489 e. The van der Waals surface area contributed by atoms with Gasteiger partial charge in [-0.2, -0.15) is 0 Å². The highest BCUT2D eigenvalue weighted by atomic mass is 16.5. The van der Waals surface area contributed by atoms with Crippen LogP contribution in [-0.4, -0.2) is 38.7 Å². The van der Waals surface area contributed by atoms with Crippen LogP contribution in [0.5, 0.6) is 5.75 Å². The van der Waals surface area contributed by atoms with Gasteiger partial charge in [0.1, 0.15) is 19.0 Å². The van der Waals surface area contributed by atoms with E-state index in [1.165, 1.54) is 6.08 Å². The number of carbonyl (C=O) groups excluding carboxylic acids is 2. The number of anilines is 2. The monoisotopic (exact) mass is 474 g/mol. The normalized spacial score (nSPS) is 10.8. The number of nitrogens with one attached hydrogen (secondary N) is 2. The Morgan fingerprint density at radius 3 is 2.40 bits per heavy atom. The van der Waals surface area contributed by atoms with E-state index in [0.29, 0.717) is 31.2 Å². The molecule has 0 aliphatic heterocycles. The van der Waals surface area contributed by atoms with Crippen LogP contribution < -0.4 is 15.4 Å². The number of methoxy groups -OCH3 is 1. The van der Waals surface area contributed by atoms with Crippen molar-refractivity contribution in [2.75, 3.05) is 37.6 Å². The van der Waals surface area contributed by atoms with Crippen LogP contribution in [-0.2, 0) is 25.7 Å². The van der Waals surface area contributed by atoms with Crippen LogP contribution in [0, 0.1) is 6.92 Å². The summed E-state index contributed by atoms with van der Waals surface area (Å²) >= 11 is 0. The van der Waals surface area contributed by atoms with E-state index < -0.39 is 0 Å². The molecule has 0 fully saturated rings. The molecule has 2 amide bonds. The van der Waals surface area contributed by atoms with Crippen LogP contribution in [0.15, 0.2) is 78.9 Å². The molecule has 0 saturated heterocycles. The van der Waals surface area contributed by atoms with Crippen LogP contribution in [0.25, 0.3) is 6.08 Å². The van der Waals surface area contributed by atoms with Gasteiger partial charge < -0.3 is 24.8 Å². The molecule has 7 nitrogen and oxygen atoms in total. The molecule has 0 heterocycles. The van der Waals surface area contributed by atoms with Crippen LogP contribution in [0.1, 0.15) is 16.7 Å². The van der Waals surface area contributed by atoms with Crippen molar-refractivity contribution < 1.29 is 23.8 Å². The summed E-state index contributed by atoms with van der Waals surface area (Å²) in [6.07, 6.45) is 3.19. The molecule has 0 atom stereocenters. The van der Waals surface area contributed by atoms with Gasteiger partial charge in [0.25, 0.3) is 0 Å². The first-order valence-electron chi connectivity index (χ1n) is 11.3. The maximum atomic E-state index is 12.5. The van der Waals surface area contributed by atoms with Crippen molar-refractivity contribution in [1.82, 2.24) is 0 Å². The maximum Gasteiger partial charge on any atom is 0.250 e. The first-order valence-corrected chi connectivity index (χ1v) is 11.3. The fourth-order valence-electron chi connectivity index (χ4n) is 3.20. The summed E-state index contributed by atoms with van der Waals surface area (Å²) in [5.41, 5.74) is 3.89. The third-order valence-corrected chi connectivity index (χ3v) is 5.06. The molecule has 0 spiro atoms. The van der Waals surface area contributed by atoms with Gasteiger partial charge in [-0.25, -0.2) is 0 Å². The Hall–Kier alpha value is -3.94. The summed E-state index contributed by atoms with van der Waals surface area (Å²) in [5.74, 6) is 0.166. The van der Waals surface area contributed by atoms with Crippen molar-refractivity contribution in [3.05, 3.63) is 95.6 Å². The van der Waals surface area contributed by atoms with E-state index in [1.807, 2.05) is 61.5 Å². The van der Waals surface area contributed by atoms with Crippen LogP contribution in [0.2, 0.25) is 0 Å². The van der Waals surface area contributed by atoms with Crippen LogP contribution in [0.3, 0.4) is 0 Å². The van der Waals surface area contributed by atoms with E-state index in [4.69, 9.17) is 14.2 Å². The zero-order valence-electron chi connectivity index (χ0n) is 20.0. The molecular weight excluding hydrogens is 444 g/mol. The van der Waals surface area contributed by atoms with E-state index in [1.54, 1.807) is 31.4 Å². The molecule has 3 aromatic rings. The fraction of sp³-hybridized carbons (Fsp3) is 0.214. The van der Waals surface area contributed by atoms with Crippen molar-refractivity contribution in [3.8, 4) is 5.75 Å². The van der Waals surface area contributed by atoms with Crippen LogP contribution in [0.4, 0.5) is 11.4 Å². The summed E-state index contributed by atoms with van der Waals surface area (Å²) in [6, 6.07) is 22.8. The molecule has 182 valence electrons. The molecule has 0 unspecified atom stereocenters. The molecule has 0 bridgehead atoms. The number of hydrogen-bond donors (Lipinski definition) is 2. The van der Waals surface area contributed by atoms with E-state index in [0.717, 1.165) is 22.4 Å². The Labute approximate surface area is 205 Å². The molecule has 0 aliphatic rings. The topological polar surface area (TPSA) is 85.9 Å². The Morgan fingerprint density at radius 2 is 1.63 bits per heavy atom. The summed E-state index contributed by atoms with van der Waals surface area (Å²) in [4.78, 5) is 24.6. The molecule has 7 heteroatoms. The van der Waals surface area contributed by atoms with E-state index in [-0.39, 0.29) is 18.4 Å². The second kappa shape index (κ2) is 13.7. The fourth-order valence-corrected chi connectivity index (χ4v) is 3.20. The molecule has 0 saturated carbocycles. The lowest BCUT2D eigenvalue weighted by Crippen LogP contribution is -2.20. The van der Waals surface area contributed by atoms with Gasteiger partial charge in [-0.1, -0.05) is 48.5 Å². The van der Waals surface area contributed by atoms with E-state index >= 15 is 0 Å². The molecule has 0 aliphatic carbocycles. The minimum absolute atomic E-state index is 0.0732. The number of ether oxygens (including phenoxy) is 3. The van der Waals surface area contributed by atoms with Crippen molar-refractivity contribution in [2.45, 2.75) is 13.5 Å². The van der Waals surface area contributed by atoms with Gasteiger partial charge in [-0.3, -0.25) is 9.59 Å². The zero-order chi connectivity index (χ0) is 24.9. The second-order valence-electron chi connectivity index (χ2n) is 7.74. The number of benzene rings is 3. The Kier molecular flexibility index (Phi) is 10.0. The lowest BCUT2D eigenvalue weighted by molar-refractivity contribution is -0.121. The number of carbonyl (C=O) groups is 2. The zero-order valence-corrected chi connectivity index (χ0v) is 20.0. The molecule has 35 heavy (non-hydrogen) atoms. The average molecular weight is 475 g/mol. The van der Waals surface area contributed by atoms with Gasteiger partial charge in [-0.15, -0.1) is 0 Å². The van der Waals surface area contributed by atoms with Gasteiger partial charge in [0.15, 0.2) is 0 Å². The summed E-state index contributed by atoms with van der Waals surface area (Å²) in [7, 11) is 1.57. The van der Waals surface area contributed by atoms with Crippen molar-refractivity contribution >= 4 is 29.3 Å². The highest BCUT2D eigenvalue weighted by Gasteiger charge is 2.09. The summed E-state index contributed by atoms with van der Waals surface area (Å²) < 4.78 is 16.0. The SMILES string of the molecule is COCCOCC(=O)Nc1cccc(NC(=O)C=Cc2cccc(OCc3ccccc3)c2)c1C. The first-order chi connectivity index (χ1) is 17.0. The molecule has 0 aromatic heterocycles. The van der Waals surface area contributed by atoms with Gasteiger partial charge in [-0.05, 0) is 54.0 Å². The highest BCUT2D eigenvalue weighted by molar-refractivity contribution is 6.03. The van der Waals surface area contributed by atoms with Crippen molar-refractivity contribution in [2.24, 2.45) is 0 Å². The highest BCUT2D eigenvalue weighted by Crippen LogP contribution is 2.23. The summed E-state index contributed by atoms with van der Waals surface area (Å²) in [6.45, 7) is 2.99. The molecule has 0 radical (unpaired) electrons. The predicted molar refractivity (Wildman–Crippen MR) is 137 cm³/mol. The Morgan fingerprint density at radius 1 is 0.886 bits per heavy atom. The third-order valence-electron chi connectivity index (χ3n) is 5.06. The maximum absolute atomic E-state index is 12.5. The lowest BCUT2D eigenvalue weighted by atomic mass is 10.1. The lowest BCUT2D eigenvalue weighted by Gasteiger charge is -2.13. The van der Waals surface area contributed by atoms with Gasteiger partial charge in [0.2, 0.25) is 11.8 Å². The van der Waals surface area contributed by atoms with Gasteiger partial charge in [0, 0.05) is 24.6 Å².